The third kappa shape index (κ3) is 3.06. The standard InChI is InChI=1S/C15H14ClNO2/c1-10-12(16)8-5-9-13(10)17-14(15(18)19)11-6-3-2-4-7-11/h2-9,14,17H,1H3,(H,18,19). The van der Waals surface area contributed by atoms with Crippen LogP contribution in [0.15, 0.2) is 48.5 Å². The molecule has 2 rings (SSSR count). The van der Waals surface area contributed by atoms with Gasteiger partial charge in [-0.15, -0.1) is 0 Å². The van der Waals surface area contributed by atoms with Crippen molar-refractivity contribution in [1.29, 1.82) is 0 Å². The Morgan fingerprint density at radius 1 is 1.16 bits per heavy atom. The molecule has 0 amide bonds. The van der Waals surface area contributed by atoms with Crippen molar-refractivity contribution in [2.45, 2.75) is 13.0 Å². The van der Waals surface area contributed by atoms with Crippen LogP contribution in [0.4, 0.5) is 5.69 Å². The summed E-state index contributed by atoms with van der Waals surface area (Å²) in [6.45, 7) is 1.86. The van der Waals surface area contributed by atoms with Gasteiger partial charge in [0.25, 0.3) is 0 Å². The summed E-state index contributed by atoms with van der Waals surface area (Å²) in [5.41, 5.74) is 2.27. The van der Waals surface area contributed by atoms with Gasteiger partial charge < -0.3 is 10.4 Å². The second kappa shape index (κ2) is 5.76. The highest BCUT2D eigenvalue weighted by atomic mass is 35.5. The first-order valence-corrected chi connectivity index (χ1v) is 6.27. The lowest BCUT2D eigenvalue weighted by molar-refractivity contribution is -0.138. The van der Waals surface area contributed by atoms with E-state index in [0.717, 1.165) is 11.3 Å². The van der Waals surface area contributed by atoms with Gasteiger partial charge in [0, 0.05) is 10.7 Å². The summed E-state index contributed by atoms with van der Waals surface area (Å²) in [5, 5.41) is 13.0. The molecule has 4 heteroatoms. The van der Waals surface area contributed by atoms with Crippen molar-refractivity contribution < 1.29 is 9.90 Å². The monoisotopic (exact) mass is 275 g/mol. The fraction of sp³-hybridized carbons (Fsp3) is 0.133. The van der Waals surface area contributed by atoms with Gasteiger partial charge in [-0.25, -0.2) is 4.79 Å². The van der Waals surface area contributed by atoms with Gasteiger partial charge in [-0.3, -0.25) is 0 Å². The number of aliphatic carboxylic acids is 1. The lowest BCUT2D eigenvalue weighted by Crippen LogP contribution is -2.20. The van der Waals surface area contributed by atoms with Gasteiger partial charge in [-0.1, -0.05) is 48.0 Å². The van der Waals surface area contributed by atoms with Crippen molar-refractivity contribution in [2.75, 3.05) is 5.32 Å². The highest BCUT2D eigenvalue weighted by Gasteiger charge is 2.20. The van der Waals surface area contributed by atoms with E-state index in [4.69, 9.17) is 11.6 Å². The van der Waals surface area contributed by atoms with Crippen molar-refractivity contribution in [3.05, 3.63) is 64.7 Å². The number of carboxylic acids is 1. The minimum Gasteiger partial charge on any atom is -0.479 e. The third-order valence-corrected chi connectivity index (χ3v) is 3.36. The van der Waals surface area contributed by atoms with Gasteiger partial charge in [0.05, 0.1) is 0 Å². The lowest BCUT2D eigenvalue weighted by Gasteiger charge is -2.18. The van der Waals surface area contributed by atoms with Gasteiger partial charge in [-0.05, 0) is 30.2 Å². The average molecular weight is 276 g/mol. The van der Waals surface area contributed by atoms with Gasteiger partial charge in [-0.2, -0.15) is 0 Å². The largest absolute Gasteiger partial charge is 0.479 e. The smallest absolute Gasteiger partial charge is 0.330 e. The average Bonchev–Trinajstić information content (AvgIpc) is 2.41. The number of nitrogens with one attached hydrogen (secondary N) is 1. The molecule has 0 radical (unpaired) electrons. The Balaban J connectivity index is 2.32. The fourth-order valence-electron chi connectivity index (χ4n) is 1.85. The van der Waals surface area contributed by atoms with Gasteiger partial charge in [0.15, 0.2) is 6.04 Å². The van der Waals surface area contributed by atoms with Crippen molar-refractivity contribution in [3.8, 4) is 0 Å². The number of carbonyl (C=O) groups is 1. The maximum Gasteiger partial charge on any atom is 0.330 e. The van der Waals surface area contributed by atoms with Crippen molar-refractivity contribution in [3.63, 3.8) is 0 Å². The summed E-state index contributed by atoms with van der Waals surface area (Å²) in [5.74, 6) is -0.925. The van der Waals surface area contributed by atoms with E-state index in [1.54, 1.807) is 24.3 Å². The molecule has 3 nitrogen and oxygen atoms in total. The van der Waals surface area contributed by atoms with Crippen LogP contribution in [0.25, 0.3) is 0 Å². The van der Waals surface area contributed by atoms with E-state index in [2.05, 4.69) is 5.32 Å². The van der Waals surface area contributed by atoms with E-state index >= 15 is 0 Å². The predicted molar refractivity (Wildman–Crippen MR) is 76.6 cm³/mol. The van der Waals surface area contributed by atoms with E-state index in [-0.39, 0.29) is 0 Å². The van der Waals surface area contributed by atoms with Gasteiger partial charge in [0.2, 0.25) is 0 Å². The molecule has 0 aliphatic heterocycles. The number of halogens is 1. The number of hydrogen-bond donors (Lipinski definition) is 2. The van der Waals surface area contributed by atoms with Crippen LogP contribution in [-0.4, -0.2) is 11.1 Å². The minimum atomic E-state index is -0.925. The predicted octanol–water partition coefficient (Wildman–Crippen LogP) is 3.89. The van der Waals surface area contributed by atoms with E-state index in [0.29, 0.717) is 10.6 Å². The summed E-state index contributed by atoms with van der Waals surface area (Å²) in [6, 6.07) is 13.7. The molecule has 1 atom stereocenters. The Morgan fingerprint density at radius 3 is 2.47 bits per heavy atom. The summed E-state index contributed by atoms with van der Waals surface area (Å²) in [4.78, 5) is 11.4. The molecule has 0 heterocycles. The maximum atomic E-state index is 11.4. The molecule has 0 spiro atoms. The van der Waals surface area contributed by atoms with Crippen molar-refractivity contribution in [2.24, 2.45) is 0 Å². The molecule has 0 aliphatic rings. The Morgan fingerprint density at radius 2 is 1.84 bits per heavy atom. The maximum absolute atomic E-state index is 11.4. The van der Waals surface area contributed by atoms with Crippen LogP contribution in [0.1, 0.15) is 17.2 Å². The molecule has 0 fully saturated rings. The van der Waals surface area contributed by atoms with Crippen LogP contribution in [-0.2, 0) is 4.79 Å². The van der Waals surface area contributed by atoms with Crippen molar-refractivity contribution in [1.82, 2.24) is 0 Å². The topological polar surface area (TPSA) is 49.3 Å². The molecule has 0 aliphatic carbocycles. The number of carboxylic acid groups (broad SMARTS) is 1. The molecule has 0 aromatic heterocycles. The number of anilines is 1. The second-order valence-electron chi connectivity index (χ2n) is 4.24. The molecule has 0 saturated carbocycles. The molecule has 0 bridgehead atoms. The Bertz CT molecular complexity index is 584. The molecule has 1 unspecified atom stereocenters. The first-order chi connectivity index (χ1) is 9.09. The zero-order chi connectivity index (χ0) is 13.8. The van der Waals surface area contributed by atoms with Gasteiger partial charge in [0.1, 0.15) is 0 Å². The van der Waals surface area contributed by atoms with Crippen LogP contribution in [0.5, 0.6) is 0 Å². The summed E-state index contributed by atoms with van der Waals surface area (Å²) in [6.07, 6.45) is 0. The van der Waals surface area contributed by atoms with Gasteiger partial charge >= 0.3 is 5.97 Å². The second-order valence-corrected chi connectivity index (χ2v) is 4.65. The Labute approximate surface area is 116 Å². The van der Waals surface area contributed by atoms with Crippen LogP contribution in [0, 0.1) is 6.92 Å². The van der Waals surface area contributed by atoms with E-state index in [9.17, 15) is 9.90 Å². The number of benzene rings is 2. The first-order valence-electron chi connectivity index (χ1n) is 5.89. The quantitative estimate of drug-likeness (QED) is 0.890. The molecular formula is C15H14ClNO2. The van der Waals surface area contributed by atoms with Crippen LogP contribution >= 0.6 is 11.6 Å². The summed E-state index contributed by atoms with van der Waals surface area (Å²) < 4.78 is 0. The van der Waals surface area contributed by atoms with E-state index in [1.807, 2.05) is 31.2 Å². The van der Waals surface area contributed by atoms with Crippen molar-refractivity contribution >= 4 is 23.3 Å². The Kier molecular flexibility index (Phi) is 4.07. The zero-order valence-electron chi connectivity index (χ0n) is 10.4. The van der Waals surface area contributed by atoms with E-state index < -0.39 is 12.0 Å². The molecule has 98 valence electrons. The highest BCUT2D eigenvalue weighted by molar-refractivity contribution is 6.31. The van der Waals surface area contributed by atoms with Crippen LogP contribution in [0.2, 0.25) is 5.02 Å². The normalized spacial score (nSPS) is 11.9. The lowest BCUT2D eigenvalue weighted by atomic mass is 10.1. The Hall–Kier alpha value is -2.00. The SMILES string of the molecule is Cc1c(Cl)cccc1NC(C(=O)O)c1ccccc1. The fourth-order valence-corrected chi connectivity index (χ4v) is 2.03. The minimum absolute atomic E-state index is 0.613. The van der Waals surface area contributed by atoms with Crippen LogP contribution in [0.3, 0.4) is 0 Å². The summed E-state index contributed by atoms with van der Waals surface area (Å²) in [7, 11) is 0. The molecular weight excluding hydrogens is 262 g/mol. The molecule has 2 aromatic carbocycles. The molecule has 2 N–H and O–H groups in total. The molecule has 0 saturated heterocycles. The third-order valence-electron chi connectivity index (χ3n) is 2.95. The number of hydrogen-bond acceptors (Lipinski definition) is 2. The number of rotatable bonds is 4. The molecule has 19 heavy (non-hydrogen) atoms. The summed E-state index contributed by atoms with van der Waals surface area (Å²) >= 11 is 6.04. The van der Waals surface area contributed by atoms with E-state index in [1.165, 1.54) is 0 Å². The zero-order valence-corrected chi connectivity index (χ0v) is 11.2. The molecule has 2 aromatic rings. The first kappa shape index (κ1) is 13.4. The van der Waals surface area contributed by atoms with Crippen LogP contribution < -0.4 is 5.32 Å². The highest BCUT2D eigenvalue weighted by Crippen LogP contribution is 2.27.